The highest BCUT2D eigenvalue weighted by Gasteiger charge is 2.28. The van der Waals surface area contributed by atoms with Crippen LogP contribution >= 0.6 is 15.9 Å². The minimum atomic E-state index is 0.539. The fourth-order valence-corrected chi connectivity index (χ4v) is 3.19. The molecular formula is C14H13Br. The van der Waals surface area contributed by atoms with Crippen molar-refractivity contribution in [3.8, 4) is 0 Å². The summed E-state index contributed by atoms with van der Waals surface area (Å²) in [6.07, 6.45) is 1.20. The van der Waals surface area contributed by atoms with E-state index in [1.807, 2.05) is 0 Å². The minimum absolute atomic E-state index is 0.539. The van der Waals surface area contributed by atoms with E-state index in [9.17, 15) is 0 Å². The van der Waals surface area contributed by atoms with Crippen molar-refractivity contribution >= 4 is 26.7 Å². The molecule has 0 radical (unpaired) electrons. The molecule has 1 heteroatoms. The Labute approximate surface area is 98.4 Å². The lowest BCUT2D eigenvalue weighted by molar-refractivity contribution is 0.623. The first kappa shape index (κ1) is 9.41. The molecule has 2 unspecified atom stereocenters. The zero-order chi connectivity index (χ0) is 10.4. The molecule has 0 amide bonds. The molecule has 2 aromatic rings. The predicted octanol–water partition coefficient (Wildman–Crippen LogP) is 4.47. The minimum Gasteiger partial charge on any atom is -0.0836 e. The van der Waals surface area contributed by atoms with E-state index in [0.717, 1.165) is 0 Å². The lowest BCUT2D eigenvalue weighted by Gasteiger charge is -2.07. The average molecular weight is 261 g/mol. The Kier molecular flexibility index (Phi) is 2.10. The smallest absolute Gasteiger partial charge is 0.0427 e. The van der Waals surface area contributed by atoms with Gasteiger partial charge >= 0.3 is 0 Å². The first-order chi connectivity index (χ1) is 7.27. The van der Waals surface area contributed by atoms with E-state index in [2.05, 4.69) is 59.3 Å². The van der Waals surface area contributed by atoms with E-state index in [1.54, 1.807) is 5.56 Å². The third-order valence-corrected chi connectivity index (χ3v) is 4.80. The highest BCUT2D eigenvalue weighted by atomic mass is 79.9. The Balaban J connectivity index is 2.33. The maximum Gasteiger partial charge on any atom is 0.0427 e. The predicted molar refractivity (Wildman–Crippen MR) is 68.5 cm³/mol. The van der Waals surface area contributed by atoms with E-state index >= 15 is 0 Å². The summed E-state index contributed by atoms with van der Waals surface area (Å²) in [4.78, 5) is 0.539. The van der Waals surface area contributed by atoms with Gasteiger partial charge in [-0.1, -0.05) is 59.3 Å². The number of benzene rings is 2. The maximum absolute atomic E-state index is 3.79. The second kappa shape index (κ2) is 3.34. The molecule has 0 bridgehead atoms. The largest absolute Gasteiger partial charge is 0.0836 e. The standard InChI is InChI=1S/C14H13Br/c1-9-8-13-11-5-3-2-4-10(11)6-7-12(13)14(9)15/h2-7,9,14H,8H2,1H3. The van der Waals surface area contributed by atoms with Crippen LogP contribution in [-0.4, -0.2) is 0 Å². The topological polar surface area (TPSA) is 0 Å². The maximum atomic E-state index is 3.79. The first-order valence-electron chi connectivity index (χ1n) is 5.42. The summed E-state index contributed by atoms with van der Waals surface area (Å²) < 4.78 is 0. The van der Waals surface area contributed by atoms with Gasteiger partial charge in [0.15, 0.2) is 0 Å². The molecule has 0 nitrogen and oxygen atoms in total. The number of hydrogen-bond acceptors (Lipinski definition) is 0. The molecule has 76 valence electrons. The summed E-state index contributed by atoms with van der Waals surface area (Å²) >= 11 is 3.79. The van der Waals surface area contributed by atoms with Gasteiger partial charge in [-0.25, -0.2) is 0 Å². The van der Waals surface area contributed by atoms with Crippen LogP contribution in [0.5, 0.6) is 0 Å². The molecule has 0 saturated heterocycles. The van der Waals surface area contributed by atoms with Gasteiger partial charge in [-0.3, -0.25) is 0 Å². The van der Waals surface area contributed by atoms with Crippen LogP contribution in [0.3, 0.4) is 0 Å². The molecule has 15 heavy (non-hydrogen) atoms. The molecule has 0 N–H and O–H groups in total. The van der Waals surface area contributed by atoms with Gasteiger partial charge in [0.05, 0.1) is 0 Å². The molecular weight excluding hydrogens is 248 g/mol. The lowest BCUT2D eigenvalue weighted by Crippen LogP contribution is -1.93. The van der Waals surface area contributed by atoms with Crippen LogP contribution in [0, 0.1) is 5.92 Å². The van der Waals surface area contributed by atoms with Crippen molar-refractivity contribution in [1.82, 2.24) is 0 Å². The molecule has 2 atom stereocenters. The lowest BCUT2D eigenvalue weighted by atomic mass is 10.0. The average Bonchev–Trinajstić information content (AvgIpc) is 2.56. The van der Waals surface area contributed by atoms with Crippen molar-refractivity contribution in [2.75, 3.05) is 0 Å². The van der Waals surface area contributed by atoms with Crippen LogP contribution in [0.1, 0.15) is 22.9 Å². The summed E-state index contributed by atoms with van der Waals surface area (Å²) in [5, 5.41) is 2.80. The van der Waals surface area contributed by atoms with E-state index < -0.39 is 0 Å². The van der Waals surface area contributed by atoms with Gasteiger partial charge in [0.1, 0.15) is 0 Å². The molecule has 1 aliphatic carbocycles. The van der Waals surface area contributed by atoms with Crippen molar-refractivity contribution in [3.63, 3.8) is 0 Å². The third kappa shape index (κ3) is 1.33. The van der Waals surface area contributed by atoms with Crippen molar-refractivity contribution in [1.29, 1.82) is 0 Å². The van der Waals surface area contributed by atoms with Gasteiger partial charge < -0.3 is 0 Å². The van der Waals surface area contributed by atoms with Crippen molar-refractivity contribution in [2.45, 2.75) is 18.2 Å². The Morgan fingerprint density at radius 2 is 1.93 bits per heavy atom. The number of rotatable bonds is 0. The van der Waals surface area contributed by atoms with Gasteiger partial charge in [-0.05, 0) is 34.2 Å². The van der Waals surface area contributed by atoms with Gasteiger partial charge in [-0.2, -0.15) is 0 Å². The number of hydrogen-bond donors (Lipinski definition) is 0. The molecule has 3 rings (SSSR count). The first-order valence-corrected chi connectivity index (χ1v) is 6.33. The Bertz CT molecular complexity index is 516. The Hall–Kier alpha value is -0.820. The highest BCUT2D eigenvalue weighted by molar-refractivity contribution is 9.09. The second-order valence-corrected chi connectivity index (χ2v) is 5.42. The van der Waals surface area contributed by atoms with Gasteiger partial charge in [0, 0.05) is 4.83 Å². The molecule has 0 fully saturated rings. The van der Waals surface area contributed by atoms with Crippen molar-refractivity contribution in [2.24, 2.45) is 5.92 Å². The quantitative estimate of drug-likeness (QED) is 0.614. The van der Waals surface area contributed by atoms with Crippen LogP contribution in [0.25, 0.3) is 10.8 Å². The molecule has 0 aliphatic heterocycles. The number of alkyl halides is 1. The molecule has 2 aromatic carbocycles. The van der Waals surface area contributed by atoms with Gasteiger partial charge in [0.2, 0.25) is 0 Å². The Morgan fingerprint density at radius 3 is 2.80 bits per heavy atom. The molecule has 0 heterocycles. The van der Waals surface area contributed by atoms with Gasteiger partial charge in [0.25, 0.3) is 0 Å². The fourth-order valence-electron chi connectivity index (χ4n) is 2.57. The zero-order valence-electron chi connectivity index (χ0n) is 8.70. The summed E-state index contributed by atoms with van der Waals surface area (Å²) in [5.74, 6) is 0.714. The van der Waals surface area contributed by atoms with E-state index in [4.69, 9.17) is 0 Å². The SMILES string of the molecule is CC1Cc2c(ccc3ccccc23)C1Br. The van der Waals surface area contributed by atoms with Crippen LogP contribution < -0.4 is 0 Å². The monoisotopic (exact) mass is 260 g/mol. The summed E-state index contributed by atoms with van der Waals surface area (Å²) in [6.45, 7) is 2.31. The fraction of sp³-hybridized carbons (Fsp3) is 0.286. The number of fused-ring (bicyclic) bond motifs is 3. The van der Waals surface area contributed by atoms with Crippen molar-refractivity contribution < 1.29 is 0 Å². The van der Waals surface area contributed by atoms with Gasteiger partial charge in [-0.15, -0.1) is 0 Å². The molecule has 1 aliphatic rings. The van der Waals surface area contributed by atoms with Crippen LogP contribution in [0.2, 0.25) is 0 Å². The zero-order valence-corrected chi connectivity index (χ0v) is 10.3. The second-order valence-electron chi connectivity index (χ2n) is 4.44. The van der Waals surface area contributed by atoms with E-state index in [0.29, 0.717) is 10.7 Å². The highest BCUT2D eigenvalue weighted by Crippen LogP contribution is 2.44. The summed E-state index contributed by atoms with van der Waals surface area (Å²) in [7, 11) is 0. The summed E-state index contributed by atoms with van der Waals surface area (Å²) in [6, 6.07) is 13.2. The summed E-state index contributed by atoms with van der Waals surface area (Å²) in [5.41, 5.74) is 3.03. The molecule has 0 saturated carbocycles. The third-order valence-electron chi connectivity index (χ3n) is 3.40. The normalized spacial score (nSPS) is 24.4. The van der Waals surface area contributed by atoms with Crippen LogP contribution in [0.15, 0.2) is 36.4 Å². The number of halogens is 1. The van der Waals surface area contributed by atoms with Crippen molar-refractivity contribution in [3.05, 3.63) is 47.5 Å². The van der Waals surface area contributed by atoms with Crippen LogP contribution in [-0.2, 0) is 6.42 Å². The van der Waals surface area contributed by atoms with E-state index in [-0.39, 0.29) is 0 Å². The van der Waals surface area contributed by atoms with Crippen LogP contribution in [0.4, 0.5) is 0 Å². The Morgan fingerprint density at radius 1 is 1.13 bits per heavy atom. The molecule has 0 spiro atoms. The molecule has 0 aromatic heterocycles. The van der Waals surface area contributed by atoms with E-state index in [1.165, 1.54) is 22.8 Å².